The summed E-state index contributed by atoms with van der Waals surface area (Å²) in [5.41, 5.74) is -5.94. The Labute approximate surface area is 184 Å². The van der Waals surface area contributed by atoms with E-state index in [1.54, 1.807) is 19.1 Å². The van der Waals surface area contributed by atoms with Crippen LogP contribution in [-0.2, 0) is 14.3 Å². The Balaban J connectivity index is 2.70. The highest BCUT2D eigenvalue weighted by Crippen LogP contribution is 2.35. The molecule has 0 bridgehead atoms. The molecule has 2 aromatic rings. The lowest BCUT2D eigenvalue weighted by Gasteiger charge is -2.14. The van der Waals surface area contributed by atoms with E-state index in [4.69, 9.17) is 4.74 Å². The van der Waals surface area contributed by atoms with Crippen molar-refractivity contribution < 1.29 is 37.5 Å². The Kier molecular flexibility index (Phi) is 7.45. The lowest BCUT2D eigenvalue weighted by atomic mass is 10.1. The lowest BCUT2D eigenvalue weighted by Crippen LogP contribution is -2.16. The number of halogens is 3. The van der Waals surface area contributed by atoms with Crippen molar-refractivity contribution in [2.75, 3.05) is 7.11 Å². The number of esters is 2. The van der Waals surface area contributed by atoms with Gasteiger partial charge in [-0.1, -0.05) is 18.2 Å². The molecule has 0 aliphatic rings. The van der Waals surface area contributed by atoms with Gasteiger partial charge >= 0.3 is 17.5 Å². The van der Waals surface area contributed by atoms with E-state index >= 15 is 0 Å². The Bertz CT molecular complexity index is 1150. The molecule has 0 saturated carbocycles. The van der Waals surface area contributed by atoms with Crippen molar-refractivity contribution in [1.29, 1.82) is 5.26 Å². The number of hydrogen-bond acceptors (Lipinski definition) is 8. The highest BCUT2D eigenvalue weighted by Gasteiger charge is 2.32. The Morgan fingerprint density at radius 1 is 1.19 bits per heavy atom. The molecule has 2 aromatic carbocycles. The molecule has 32 heavy (non-hydrogen) atoms. The van der Waals surface area contributed by atoms with Crippen LogP contribution in [-0.4, -0.2) is 29.5 Å². The maximum Gasteiger partial charge on any atom is 0.487 e. The predicted octanol–water partition coefficient (Wildman–Crippen LogP) is 4.34. The van der Waals surface area contributed by atoms with Crippen LogP contribution >= 0.6 is 11.6 Å². The fourth-order valence-corrected chi connectivity index (χ4v) is 2.62. The summed E-state index contributed by atoms with van der Waals surface area (Å²) in [7, 11) is 0.939. The molecular formula is C20H13ClF2N2O7. The molecule has 0 fully saturated rings. The summed E-state index contributed by atoms with van der Waals surface area (Å²) in [6, 6.07) is 9.92. The number of nitriles is 1. The van der Waals surface area contributed by atoms with E-state index < -0.39 is 50.8 Å². The van der Waals surface area contributed by atoms with Gasteiger partial charge in [-0.25, -0.2) is 9.59 Å². The quantitative estimate of drug-likeness (QED) is 0.112. The molecule has 0 aliphatic carbocycles. The average molecular weight is 467 g/mol. The molecule has 0 saturated heterocycles. The number of methoxy groups -OCH3 is 1. The van der Waals surface area contributed by atoms with Crippen molar-refractivity contribution in [3.63, 3.8) is 0 Å². The number of aryl methyl sites for hydroxylation is 1. The lowest BCUT2D eigenvalue weighted by molar-refractivity contribution is -0.385. The largest absolute Gasteiger partial charge is 0.487 e. The molecule has 9 nitrogen and oxygen atoms in total. The molecule has 166 valence electrons. The first-order valence-corrected chi connectivity index (χ1v) is 8.91. The van der Waals surface area contributed by atoms with Crippen LogP contribution in [0.3, 0.4) is 0 Å². The zero-order valence-electron chi connectivity index (χ0n) is 16.4. The van der Waals surface area contributed by atoms with Gasteiger partial charge < -0.3 is 14.2 Å². The molecule has 0 heterocycles. The summed E-state index contributed by atoms with van der Waals surface area (Å²) < 4.78 is 39.6. The van der Waals surface area contributed by atoms with Gasteiger partial charge in [0.2, 0.25) is 0 Å². The molecule has 0 unspecified atom stereocenters. The van der Waals surface area contributed by atoms with Gasteiger partial charge in [0.1, 0.15) is 11.8 Å². The van der Waals surface area contributed by atoms with Crippen LogP contribution in [0.2, 0.25) is 0 Å². The fraction of sp³-hybridized carbons (Fsp3) is 0.150. The third kappa shape index (κ3) is 5.77. The summed E-state index contributed by atoms with van der Waals surface area (Å²) in [6.45, 7) is 1.59. The number of rotatable bonds is 7. The third-order valence-electron chi connectivity index (χ3n) is 3.93. The first kappa shape index (κ1) is 24.2. The second-order valence-corrected chi connectivity index (χ2v) is 6.44. The van der Waals surface area contributed by atoms with Gasteiger partial charge in [-0.2, -0.15) is 5.26 Å². The molecule has 0 aromatic heterocycles. The molecule has 12 heteroatoms. The average Bonchev–Trinajstić information content (AvgIpc) is 2.72. The predicted molar refractivity (Wildman–Crippen MR) is 106 cm³/mol. The van der Waals surface area contributed by atoms with Gasteiger partial charge in [0.25, 0.3) is 5.69 Å². The standard InChI is InChI=1S/C20H13ClF2N2O7/c1-11-5-3-4-6-13(11)19(27)31-17(15(10-24)18(26)30-2)14-8-7-12(32-20(21,22)23)9-16(14)25(28)29/h3-9H,1-2H3. The summed E-state index contributed by atoms with van der Waals surface area (Å²) >= 11 is 4.68. The summed E-state index contributed by atoms with van der Waals surface area (Å²) in [5, 5.41) is 21.0. The van der Waals surface area contributed by atoms with Crippen LogP contribution in [0.15, 0.2) is 48.0 Å². The Morgan fingerprint density at radius 3 is 2.38 bits per heavy atom. The molecule has 0 amide bonds. The number of nitro benzene ring substituents is 1. The number of nitro groups is 1. The third-order valence-corrected chi connectivity index (χ3v) is 4.01. The van der Waals surface area contributed by atoms with E-state index in [1.807, 2.05) is 0 Å². The molecule has 0 N–H and O–H groups in total. The number of ether oxygens (including phenoxy) is 3. The number of carbonyl (C=O) groups excluding carboxylic acids is 2. The second kappa shape index (κ2) is 9.84. The smallest absolute Gasteiger partial charge is 0.465 e. The van der Waals surface area contributed by atoms with E-state index in [0.717, 1.165) is 19.2 Å². The normalized spacial score (nSPS) is 11.6. The molecular weight excluding hydrogens is 454 g/mol. The van der Waals surface area contributed by atoms with Gasteiger partial charge in [-0.3, -0.25) is 10.1 Å². The van der Waals surface area contributed by atoms with Gasteiger partial charge in [0, 0.05) is 11.6 Å². The minimum atomic E-state index is -4.16. The molecule has 0 atom stereocenters. The van der Waals surface area contributed by atoms with E-state index in [-0.39, 0.29) is 5.56 Å². The minimum Gasteiger partial charge on any atom is -0.465 e. The van der Waals surface area contributed by atoms with Crippen molar-refractivity contribution in [2.24, 2.45) is 0 Å². The topological polar surface area (TPSA) is 129 Å². The zero-order chi connectivity index (χ0) is 24.1. The van der Waals surface area contributed by atoms with Gasteiger partial charge in [0.05, 0.1) is 29.2 Å². The van der Waals surface area contributed by atoms with Crippen LogP contribution in [0.1, 0.15) is 21.5 Å². The van der Waals surface area contributed by atoms with Crippen molar-refractivity contribution in [2.45, 2.75) is 12.5 Å². The zero-order valence-corrected chi connectivity index (χ0v) is 17.2. The number of alkyl halides is 3. The van der Waals surface area contributed by atoms with Crippen LogP contribution in [0.5, 0.6) is 5.75 Å². The maximum absolute atomic E-state index is 12.9. The molecule has 0 radical (unpaired) electrons. The monoisotopic (exact) mass is 466 g/mol. The van der Waals surface area contributed by atoms with Crippen molar-refractivity contribution >= 4 is 35.0 Å². The van der Waals surface area contributed by atoms with Crippen LogP contribution in [0, 0.1) is 28.4 Å². The molecule has 0 aliphatic heterocycles. The van der Waals surface area contributed by atoms with Crippen molar-refractivity contribution in [3.8, 4) is 11.8 Å². The number of nitrogens with zero attached hydrogens (tertiary/aromatic N) is 2. The number of benzene rings is 2. The van der Waals surface area contributed by atoms with Crippen LogP contribution in [0.25, 0.3) is 5.76 Å². The van der Waals surface area contributed by atoms with Gasteiger partial charge in [-0.15, -0.1) is 8.78 Å². The minimum absolute atomic E-state index is 0.0524. The van der Waals surface area contributed by atoms with Crippen molar-refractivity contribution in [3.05, 3.63) is 74.8 Å². The number of hydrogen-bond donors (Lipinski definition) is 0. The van der Waals surface area contributed by atoms with Gasteiger partial charge in [-0.05, 0) is 30.7 Å². The molecule has 0 spiro atoms. The first-order valence-electron chi connectivity index (χ1n) is 8.53. The van der Waals surface area contributed by atoms with E-state index in [9.17, 15) is 33.7 Å². The van der Waals surface area contributed by atoms with E-state index in [2.05, 4.69) is 21.1 Å². The summed E-state index contributed by atoms with van der Waals surface area (Å²) in [5.74, 6) is -3.77. The van der Waals surface area contributed by atoms with Gasteiger partial charge in [0.15, 0.2) is 11.3 Å². The Morgan fingerprint density at radius 2 is 1.84 bits per heavy atom. The van der Waals surface area contributed by atoms with Crippen LogP contribution in [0.4, 0.5) is 14.5 Å². The van der Waals surface area contributed by atoms with Crippen LogP contribution < -0.4 is 4.74 Å². The second-order valence-electron chi connectivity index (χ2n) is 6.00. The van der Waals surface area contributed by atoms with E-state index in [0.29, 0.717) is 11.6 Å². The number of carbonyl (C=O) groups is 2. The van der Waals surface area contributed by atoms with E-state index in [1.165, 1.54) is 18.2 Å². The molecule has 2 rings (SSSR count). The highest BCUT2D eigenvalue weighted by atomic mass is 35.5. The Hall–Kier alpha value is -4.04. The fourth-order valence-electron chi connectivity index (χ4n) is 2.53. The summed E-state index contributed by atoms with van der Waals surface area (Å²) in [6.07, 6.45) is 0. The SMILES string of the molecule is COC(=O)C(C#N)=C(OC(=O)c1ccccc1C)c1ccc(OC(F)(F)Cl)cc1[N+](=O)[O-]. The first-order chi connectivity index (χ1) is 15.0. The summed E-state index contributed by atoms with van der Waals surface area (Å²) in [4.78, 5) is 35.3. The van der Waals surface area contributed by atoms with Crippen molar-refractivity contribution in [1.82, 2.24) is 0 Å². The maximum atomic E-state index is 12.9. The highest BCUT2D eigenvalue weighted by molar-refractivity contribution is 6.20.